The molecule has 4 rings (SSSR count). The van der Waals surface area contributed by atoms with Crippen molar-refractivity contribution in [3.05, 3.63) is 23.9 Å². The molecule has 2 atom stereocenters. The van der Waals surface area contributed by atoms with E-state index in [1.807, 2.05) is 6.20 Å². The Morgan fingerprint density at radius 3 is 2.92 bits per heavy atom. The standard InChI is InChI=1S/C20H31N5O/c1-24-8-10-25(11-9-24)18-6-5-16(12-22-18)13-23-19(26)20-7-3-2-4-17(20)14-21-15-20/h5-6,12,17,21H,2-4,7-11,13-15H2,1H3,(H,23,26)/t17-,20+/m0/s1. The number of hydrogen-bond acceptors (Lipinski definition) is 5. The Balaban J connectivity index is 1.34. The number of likely N-dealkylation sites (N-methyl/N-ethyl adjacent to an activating group) is 1. The lowest BCUT2D eigenvalue weighted by Crippen LogP contribution is -2.47. The number of pyridine rings is 1. The smallest absolute Gasteiger partial charge is 0.228 e. The molecule has 1 aromatic rings. The van der Waals surface area contributed by atoms with E-state index in [1.54, 1.807) is 0 Å². The second kappa shape index (κ2) is 7.53. The number of piperazine rings is 1. The van der Waals surface area contributed by atoms with E-state index in [2.05, 4.69) is 44.6 Å². The molecule has 2 N–H and O–H groups in total. The molecule has 3 aliphatic rings. The lowest BCUT2D eigenvalue weighted by molar-refractivity contribution is -0.134. The third kappa shape index (κ3) is 3.45. The van der Waals surface area contributed by atoms with Crippen molar-refractivity contribution in [1.82, 2.24) is 20.5 Å². The third-order valence-electron chi connectivity index (χ3n) is 6.58. The molecule has 6 heteroatoms. The van der Waals surface area contributed by atoms with Crippen LogP contribution < -0.4 is 15.5 Å². The summed E-state index contributed by atoms with van der Waals surface area (Å²) < 4.78 is 0. The Morgan fingerprint density at radius 2 is 2.15 bits per heavy atom. The normalized spacial score (nSPS) is 29.4. The summed E-state index contributed by atoms with van der Waals surface area (Å²) >= 11 is 0. The van der Waals surface area contributed by atoms with Gasteiger partial charge in [-0.3, -0.25) is 4.79 Å². The summed E-state index contributed by atoms with van der Waals surface area (Å²) in [5.41, 5.74) is 0.900. The molecule has 0 spiro atoms. The predicted octanol–water partition coefficient (Wildman–Crippen LogP) is 1.23. The monoisotopic (exact) mass is 357 g/mol. The largest absolute Gasteiger partial charge is 0.354 e. The number of fused-ring (bicyclic) bond motifs is 1. The fraction of sp³-hybridized carbons (Fsp3) is 0.700. The molecule has 2 aliphatic heterocycles. The number of nitrogens with zero attached hydrogens (tertiary/aromatic N) is 3. The second-order valence-corrected chi connectivity index (χ2v) is 8.23. The summed E-state index contributed by atoms with van der Waals surface area (Å²) in [5.74, 6) is 1.78. The van der Waals surface area contributed by atoms with Crippen LogP contribution in [0, 0.1) is 11.3 Å². The van der Waals surface area contributed by atoms with Gasteiger partial charge in [-0.15, -0.1) is 0 Å². The summed E-state index contributed by atoms with van der Waals surface area (Å²) in [5, 5.41) is 6.65. The van der Waals surface area contributed by atoms with Crippen molar-refractivity contribution in [2.75, 3.05) is 51.2 Å². The maximum atomic E-state index is 12.9. The lowest BCUT2D eigenvalue weighted by atomic mass is 9.67. The van der Waals surface area contributed by atoms with Gasteiger partial charge in [-0.1, -0.05) is 18.9 Å². The van der Waals surface area contributed by atoms with Gasteiger partial charge in [0.2, 0.25) is 5.91 Å². The first-order chi connectivity index (χ1) is 12.7. The SMILES string of the molecule is CN1CCN(c2ccc(CNC(=O)[C@@]34CCCC[C@H]3CNC4)cn2)CC1. The summed E-state index contributed by atoms with van der Waals surface area (Å²) in [6.45, 7) is 6.61. The minimum absolute atomic E-state index is 0.175. The fourth-order valence-corrected chi connectivity index (χ4v) is 4.79. The number of hydrogen-bond donors (Lipinski definition) is 2. The molecule has 1 amide bonds. The molecular weight excluding hydrogens is 326 g/mol. The van der Waals surface area contributed by atoms with E-state index in [-0.39, 0.29) is 11.3 Å². The summed E-state index contributed by atoms with van der Waals surface area (Å²) in [6, 6.07) is 4.19. The van der Waals surface area contributed by atoms with E-state index in [9.17, 15) is 4.79 Å². The zero-order valence-corrected chi connectivity index (χ0v) is 15.8. The van der Waals surface area contributed by atoms with Gasteiger partial charge in [-0.2, -0.15) is 0 Å². The predicted molar refractivity (Wildman–Crippen MR) is 103 cm³/mol. The van der Waals surface area contributed by atoms with Gasteiger partial charge in [0, 0.05) is 45.5 Å². The van der Waals surface area contributed by atoms with Crippen molar-refractivity contribution in [3.63, 3.8) is 0 Å². The third-order valence-corrected chi connectivity index (χ3v) is 6.58. The van der Waals surface area contributed by atoms with Crippen molar-refractivity contribution in [2.45, 2.75) is 32.2 Å². The summed E-state index contributed by atoms with van der Waals surface area (Å²) in [4.78, 5) is 22.2. The van der Waals surface area contributed by atoms with Crippen molar-refractivity contribution >= 4 is 11.7 Å². The Labute approximate surface area is 156 Å². The molecule has 3 heterocycles. The maximum Gasteiger partial charge on any atom is 0.228 e. The van der Waals surface area contributed by atoms with Crippen molar-refractivity contribution < 1.29 is 4.79 Å². The zero-order chi connectivity index (χ0) is 18.0. The van der Waals surface area contributed by atoms with Crippen LogP contribution in [0.2, 0.25) is 0 Å². The molecule has 0 bridgehead atoms. The van der Waals surface area contributed by atoms with Crippen LogP contribution >= 0.6 is 0 Å². The minimum atomic E-state index is -0.175. The van der Waals surface area contributed by atoms with Crippen LogP contribution in [0.4, 0.5) is 5.82 Å². The van der Waals surface area contributed by atoms with Crippen LogP contribution in [0.5, 0.6) is 0 Å². The number of aromatic nitrogens is 1. The first-order valence-electron chi connectivity index (χ1n) is 10.0. The average molecular weight is 358 g/mol. The van der Waals surface area contributed by atoms with Gasteiger partial charge in [-0.25, -0.2) is 4.98 Å². The number of carbonyl (C=O) groups excluding carboxylic acids is 1. The van der Waals surface area contributed by atoms with Gasteiger partial charge in [0.25, 0.3) is 0 Å². The molecule has 2 saturated heterocycles. The van der Waals surface area contributed by atoms with Gasteiger partial charge in [0.15, 0.2) is 0 Å². The first-order valence-corrected chi connectivity index (χ1v) is 10.0. The molecule has 1 saturated carbocycles. The maximum absolute atomic E-state index is 12.9. The molecule has 142 valence electrons. The van der Waals surface area contributed by atoms with Crippen LogP contribution in [-0.4, -0.2) is 62.1 Å². The van der Waals surface area contributed by atoms with E-state index < -0.39 is 0 Å². The van der Waals surface area contributed by atoms with Crippen LogP contribution in [0.1, 0.15) is 31.2 Å². The van der Waals surface area contributed by atoms with E-state index >= 15 is 0 Å². The highest BCUT2D eigenvalue weighted by Gasteiger charge is 2.49. The Kier molecular flexibility index (Phi) is 5.14. The quantitative estimate of drug-likeness (QED) is 0.849. The van der Waals surface area contributed by atoms with Gasteiger partial charge in [0.1, 0.15) is 5.82 Å². The lowest BCUT2D eigenvalue weighted by Gasteiger charge is -2.37. The highest BCUT2D eigenvalue weighted by Crippen LogP contribution is 2.43. The Morgan fingerprint density at radius 1 is 1.31 bits per heavy atom. The Bertz CT molecular complexity index is 626. The number of anilines is 1. The highest BCUT2D eigenvalue weighted by atomic mass is 16.2. The van der Waals surface area contributed by atoms with Gasteiger partial charge in [0.05, 0.1) is 5.41 Å². The molecule has 1 aliphatic carbocycles. The highest BCUT2D eigenvalue weighted by molar-refractivity contribution is 5.83. The molecule has 0 aromatic carbocycles. The fourth-order valence-electron chi connectivity index (χ4n) is 4.79. The summed E-state index contributed by atoms with van der Waals surface area (Å²) in [6.07, 6.45) is 6.56. The molecule has 0 unspecified atom stereocenters. The molecule has 26 heavy (non-hydrogen) atoms. The second-order valence-electron chi connectivity index (χ2n) is 8.23. The molecule has 1 aromatic heterocycles. The van der Waals surface area contributed by atoms with Crippen LogP contribution in [0.15, 0.2) is 18.3 Å². The first kappa shape index (κ1) is 17.7. The van der Waals surface area contributed by atoms with E-state index in [1.165, 1.54) is 19.3 Å². The number of nitrogens with one attached hydrogen (secondary N) is 2. The van der Waals surface area contributed by atoms with Gasteiger partial charge in [-0.05, 0) is 44.0 Å². The van der Waals surface area contributed by atoms with Gasteiger partial charge < -0.3 is 20.4 Å². The Hall–Kier alpha value is -1.66. The topological polar surface area (TPSA) is 60.5 Å². The average Bonchev–Trinajstić information content (AvgIpc) is 3.12. The van der Waals surface area contributed by atoms with Crippen molar-refractivity contribution in [2.24, 2.45) is 11.3 Å². The van der Waals surface area contributed by atoms with Crippen LogP contribution in [0.3, 0.4) is 0 Å². The molecule has 0 radical (unpaired) electrons. The van der Waals surface area contributed by atoms with Crippen molar-refractivity contribution in [3.8, 4) is 0 Å². The molecular formula is C20H31N5O. The number of amides is 1. The van der Waals surface area contributed by atoms with Crippen LogP contribution in [-0.2, 0) is 11.3 Å². The summed E-state index contributed by atoms with van der Waals surface area (Å²) in [7, 11) is 2.16. The van der Waals surface area contributed by atoms with Gasteiger partial charge >= 0.3 is 0 Å². The molecule has 6 nitrogen and oxygen atoms in total. The van der Waals surface area contributed by atoms with E-state index in [4.69, 9.17) is 0 Å². The molecule has 3 fully saturated rings. The van der Waals surface area contributed by atoms with E-state index in [0.29, 0.717) is 12.5 Å². The number of rotatable bonds is 4. The van der Waals surface area contributed by atoms with Crippen molar-refractivity contribution in [1.29, 1.82) is 0 Å². The minimum Gasteiger partial charge on any atom is -0.354 e. The van der Waals surface area contributed by atoms with E-state index in [0.717, 1.165) is 57.1 Å². The zero-order valence-electron chi connectivity index (χ0n) is 15.8. The number of carbonyl (C=O) groups is 1. The van der Waals surface area contributed by atoms with Crippen LogP contribution in [0.25, 0.3) is 0 Å².